The fourth-order valence-corrected chi connectivity index (χ4v) is 4.47. The molecular formula is C20H29N3O6. The van der Waals surface area contributed by atoms with Crippen LogP contribution in [-0.2, 0) is 9.53 Å². The van der Waals surface area contributed by atoms with Gasteiger partial charge in [-0.15, -0.1) is 0 Å². The summed E-state index contributed by atoms with van der Waals surface area (Å²) in [5.74, 6) is -2.17. The van der Waals surface area contributed by atoms with Crippen molar-refractivity contribution in [1.29, 1.82) is 0 Å². The molecule has 0 atom stereocenters. The highest BCUT2D eigenvalue weighted by Crippen LogP contribution is 2.31. The molecule has 1 amide bonds. The first-order valence-electron chi connectivity index (χ1n) is 10.4. The zero-order valence-electron chi connectivity index (χ0n) is 16.8. The Morgan fingerprint density at radius 2 is 1.48 bits per heavy atom. The van der Waals surface area contributed by atoms with E-state index in [1.165, 1.54) is 11.7 Å². The Morgan fingerprint density at radius 1 is 0.966 bits per heavy atom. The van der Waals surface area contributed by atoms with Gasteiger partial charge in [-0.3, -0.25) is 23.5 Å². The number of rotatable bonds is 5. The maximum atomic E-state index is 13.3. The maximum Gasteiger partial charge on any atom is 0.334 e. The zero-order chi connectivity index (χ0) is 21.0. The minimum Gasteiger partial charge on any atom is -0.494 e. The molecular weight excluding hydrogens is 378 g/mol. The Labute approximate surface area is 168 Å². The van der Waals surface area contributed by atoms with Crippen LogP contribution in [0.5, 0.6) is 5.88 Å². The van der Waals surface area contributed by atoms with E-state index in [1.807, 2.05) is 0 Å². The predicted molar refractivity (Wildman–Crippen MR) is 105 cm³/mol. The van der Waals surface area contributed by atoms with Gasteiger partial charge in [-0.25, -0.2) is 4.79 Å². The number of hydrogen-bond acceptors (Lipinski definition) is 6. The molecule has 0 spiro atoms. The van der Waals surface area contributed by atoms with Crippen LogP contribution in [-0.4, -0.2) is 39.8 Å². The summed E-state index contributed by atoms with van der Waals surface area (Å²) in [5, 5.41) is 13.1. The molecule has 29 heavy (non-hydrogen) atoms. The van der Waals surface area contributed by atoms with Crippen molar-refractivity contribution >= 4 is 11.9 Å². The van der Waals surface area contributed by atoms with Gasteiger partial charge in [-0.2, -0.15) is 0 Å². The number of esters is 1. The van der Waals surface area contributed by atoms with E-state index in [0.29, 0.717) is 25.7 Å². The van der Waals surface area contributed by atoms with Crippen LogP contribution in [0, 0.1) is 0 Å². The highest BCUT2D eigenvalue weighted by Gasteiger charge is 2.31. The van der Waals surface area contributed by atoms with Crippen LogP contribution in [0.4, 0.5) is 0 Å². The SMILES string of the molecule is COC(=O)CNC(=O)c1c(O)n(C2CCCCC2)c(=O)n(C2CCCCC2)c1=O. The minimum absolute atomic E-state index is 0.251. The standard InChI is InChI=1S/C20H29N3O6/c1-29-15(24)12-21-17(25)16-18(26)22(13-8-4-2-5-9-13)20(28)23(19(16)27)14-10-6-3-7-11-14/h13-14,26H,2-12H2,1H3,(H,21,25). The average Bonchev–Trinajstić information content (AvgIpc) is 2.73. The summed E-state index contributed by atoms with van der Waals surface area (Å²) in [7, 11) is 1.19. The van der Waals surface area contributed by atoms with Crippen LogP contribution in [0.2, 0.25) is 0 Å². The molecule has 0 bridgehead atoms. The van der Waals surface area contributed by atoms with E-state index in [1.54, 1.807) is 0 Å². The van der Waals surface area contributed by atoms with Gasteiger partial charge in [0.15, 0.2) is 5.56 Å². The van der Waals surface area contributed by atoms with Crippen molar-refractivity contribution in [3.63, 3.8) is 0 Å². The number of aromatic nitrogens is 2. The van der Waals surface area contributed by atoms with Crippen LogP contribution in [0.3, 0.4) is 0 Å². The van der Waals surface area contributed by atoms with Gasteiger partial charge in [-0.1, -0.05) is 38.5 Å². The Kier molecular flexibility index (Phi) is 6.76. The van der Waals surface area contributed by atoms with Gasteiger partial charge in [0.2, 0.25) is 5.88 Å². The van der Waals surface area contributed by atoms with Crippen LogP contribution in [0.25, 0.3) is 0 Å². The molecule has 9 heteroatoms. The van der Waals surface area contributed by atoms with Gasteiger partial charge in [0, 0.05) is 12.1 Å². The molecule has 2 saturated carbocycles. The Bertz CT molecular complexity index is 875. The summed E-state index contributed by atoms with van der Waals surface area (Å²) in [6, 6.07) is -0.537. The Balaban J connectivity index is 2.10. The lowest BCUT2D eigenvalue weighted by Gasteiger charge is -2.29. The summed E-state index contributed by atoms with van der Waals surface area (Å²) >= 11 is 0. The number of methoxy groups -OCH3 is 1. The number of carbonyl (C=O) groups is 2. The smallest absolute Gasteiger partial charge is 0.334 e. The second-order valence-corrected chi connectivity index (χ2v) is 7.87. The number of nitrogens with one attached hydrogen (secondary N) is 1. The van der Waals surface area contributed by atoms with Crippen LogP contribution in [0.15, 0.2) is 9.59 Å². The molecule has 0 radical (unpaired) electrons. The molecule has 3 rings (SSSR count). The van der Waals surface area contributed by atoms with E-state index >= 15 is 0 Å². The largest absolute Gasteiger partial charge is 0.494 e. The molecule has 0 aliphatic heterocycles. The molecule has 0 unspecified atom stereocenters. The van der Waals surface area contributed by atoms with E-state index in [0.717, 1.165) is 43.1 Å². The molecule has 1 aromatic rings. The number of amides is 1. The van der Waals surface area contributed by atoms with Crippen molar-refractivity contribution in [2.24, 2.45) is 0 Å². The van der Waals surface area contributed by atoms with Gasteiger partial charge < -0.3 is 15.2 Å². The topological polar surface area (TPSA) is 120 Å². The van der Waals surface area contributed by atoms with E-state index in [9.17, 15) is 24.3 Å². The maximum absolute atomic E-state index is 13.3. The van der Waals surface area contributed by atoms with Crippen molar-refractivity contribution in [2.75, 3.05) is 13.7 Å². The highest BCUT2D eigenvalue weighted by atomic mass is 16.5. The molecule has 2 aliphatic rings. The molecule has 1 aromatic heterocycles. The zero-order valence-corrected chi connectivity index (χ0v) is 16.8. The number of hydrogen-bond donors (Lipinski definition) is 2. The lowest BCUT2D eigenvalue weighted by atomic mass is 9.94. The van der Waals surface area contributed by atoms with Gasteiger partial charge in [0.05, 0.1) is 7.11 Å². The number of ether oxygens (including phenoxy) is 1. The molecule has 2 fully saturated rings. The second-order valence-electron chi connectivity index (χ2n) is 7.87. The van der Waals surface area contributed by atoms with E-state index in [-0.39, 0.29) is 12.1 Å². The van der Waals surface area contributed by atoms with E-state index in [2.05, 4.69) is 10.1 Å². The lowest BCUT2D eigenvalue weighted by molar-refractivity contribution is -0.139. The first-order chi connectivity index (χ1) is 14.0. The molecule has 1 heterocycles. The minimum atomic E-state index is -0.882. The number of carbonyl (C=O) groups excluding carboxylic acids is 2. The third-order valence-corrected chi connectivity index (χ3v) is 6.02. The van der Waals surface area contributed by atoms with Crippen LogP contribution >= 0.6 is 0 Å². The molecule has 0 saturated heterocycles. The van der Waals surface area contributed by atoms with Gasteiger partial charge in [-0.05, 0) is 25.7 Å². The quantitative estimate of drug-likeness (QED) is 0.716. The molecule has 0 aromatic carbocycles. The summed E-state index contributed by atoms with van der Waals surface area (Å²) in [5.41, 5.74) is -1.82. The van der Waals surface area contributed by atoms with Crippen molar-refractivity contribution in [3.8, 4) is 5.88 Å². The van der Waals surface area contributed by atoms with Crippen molar-refractivity contribution in [2.45, 2.75) is 76.3 Å². The summed E-state index contributed by atoms with van der Waals surface area (Å²) in [6.07, 6.45) is 8.55. The Hall–Kier alpha value is -2.58. The third-order valence-electron chi connectivity index (χ3n) is 6.02. The fraction of sp³-hybridized carbons (Fsp3) is 0.700. The third kappa shape index (κ3) is 4.38. The summed E-state index contributed by atoms with van der Waals surface area (Å²) < 4.78 is 6.88. The monoisotopic (exact) mass is 407 g/mol. The van der Waals surface area contributed by atoms with Crippen molar-refractivity contribution in [1.82, 2.24) is 14.5 Å². The summed E-state index contributed by atoms with van der Waals surface area (Å²) in [4.78, 5) is 50.4. The Morgan fingerprint density at radius 3 is 2.00 bits per heavy atom. The van der Waals surface area contributed by atoms with E-state index < -0.39 is 41.1 Å². The average molecular weight is 407 g/mol. The first-order valence-corrected chi connectivity index (χ1v) is 10.4. The fourth-order valence-electron chi connectivity index (χ4n) is 4.47. The normalized spacial score (nSPS) is 18.4. The van der Waals surface area contributed by atoms with Crippen molar-refractivity contribution < 1.29 is 19.4 Å². The molecule has 9 nitrogen and oxygen atoms in total. The van der Waals surface area contributed by atoms with Crippen LogP contribution < -0.4 is 16.6 Å². The van der Waals surface area contributed by atoms with Gasteiger partial charge in [0.1, 0.15) is 6.54 Å². The molecule has 2 aliphatic carbocycles. The molecule has 160 valence electrons. The highest BCUT2D eigenvalue weighted by molar-refractivity contribution is 5.97. The van der Waals surface area contributed by atoms with Gasteiger partial charge >= 0.3 is 11.7 Å². The van der Waals surface area contributed by atoms with E-state index in [4.69, 9.17) is 0 Å². The van der Waals surface area contributed by atoms with Gasteiger partial charge in [0.25, 0.3) is 11.5 Å². The lowest BCUT2D eigenvalue weighted by Crippen LogP contribution is -2.47. The molecule has 2 N–H and O–H groups in total. The first kappa shape index (κ1) is 21.1. The second kappa shape index (κ2) is 9.28. The van der Waals surface area contributed by atoms with Crippen molar-refractivity contribution in [3.05, 3.63) is 26.4 Å². The number of aromatic hydroxyl groups is 1. The van der Waals surface area contributed by atoms with Crippen LogP contribution in [0.1, 0.15) is 86.6 Å². The summed E-state index contributed by atoms with van der Waals surface area (Å²) in [6.45, 7) is -0.430. The number of nitrogens with zero attached hydrogens (tertiary/aromatic N) is 2. The predicted octanol–water partition coefficient (Wildman–Crippen LogP) is 1.63.